The van der Waals surface area contributed by atoms with Gasteiger partial charge < -0.3 is 10.4 Å². The molecule has 3 rings (SSSR count). The monoisotopic (exact) mass is 277 g/mol. The summed E-state index contributed by atoms with van der Waals surface area (Å²) in [5.74, 6) is 0.279. The number of hydrogen-bond donors (Lipinski definition) is 2. The first kappa shape index (κ1) is 11.6. The van der Waals surface area contributed by atoms with Crippen molar-refractivity contribution in [3.8, 4) is 10.4 Å². The quantitative estimate of drug-likeness (QED) is 0.770. The number of allylic oxidation sites excluding steroid dienone is 1. The van der Waals surface area contributed by atoms with Crippen molar-refractivity contribution in [2.24, 2.45) is 0 Å². The summed E-state index contributed by atoms with van der Waals surface area (Å²) < 4.78 is 0.713. The lowest BCUT2D eigenvalue weighted by molar-refractivity contribution is 0.416. The first-order chi connectivity index (χ1) is 8.74. The van der Waals surface area contributed by atoms with E-state index in [1.807, 2.05) is 36.4 Å². The minimum absolute atomic E-state index is 0.279. The Hall–Kier alpha value is -1.45. The lowest BCUT2D eigenvalue weighted by atomic mass is 10.2. The number of thiophene rings is 1. The molecule has 1 aromatic heterocycles. The van der Waals surface area contributed by atoms with Crippen molar-refractivity contribution in [3.63, 3.8) is 0 Å². The maximum absolute atomic E-state index is 9.85. The predicted molar refractivity (Wildman–Crippen MR) is 77.3 cm³/mol. The maximum Gasteiger partial charge on any atom is 0.187 e. The molecule has 18 heavy (non-hydrogen) atoms. The SMILES string of the molecule is OC(Nc1cc(Cl)sc1-c1ccccc1)=C1CC1. The predicted octanol–water partition coefficient (Wildman–Crippen LogP) is 5.04. The highest BCUT2D eigenvalue weighted by Crippen LogP contribution is 2.40. The third kappa shape index (κ3) is 2.37. The van der Waals surface area contributed by atoms with E-state index in [1.54, 1.807) is 0 Å². The minimum Gasteiger partial charge on any atom is -0.495 e. The van der Waals surface area contributed by atoms with Crippen LogP contribution < -0.4 is 5.32 Å². The second-order valence-electron chi connectivity index (χ2n) is 4.24. The van der Waals surface area contributed by atoms with Gasteiger partial charge in [0.1, 0.15) is 0 Å². The van der Waals surface area contributed by atoms with Crippen molar-refractivity contribution in [2.45, 2.75) is 12.8 Å². The molecule has 0 saturated heterocycles. The van der Waals surface area contributed by atoms with Crippen LogP contribution in [0.1, 0.15) is 12.8 Å². The summed E-state index contributed by atoms with van der Waals surface area (Å²) in [6.45, 7) is 0. The van der Waals surface area contributed by atoms with E-state index in [0.717, 1.165) is 34.5 Å². The van der Waals surface area contributed by atoms with Gasteiger partial charge in [0, 0.05) is 0 Å². The zero-order chi connectivity index (χ0) is 12.5. The Labute approximate surface area is 115 Å². The summed E-state index contributed by atoms with van der Waals surface area (Å²) in [7, 11) is 0. The van der Waals surface area contributed by atoms with E-state index in [2.05, 4.69) is 5.32 Å². The molecule has 2 aromatic rings. The summed E-state index contributed by atoms with van der Waals surface area (Å²) in [5.41, 5.74) is 3.05. The van der Waals surface area contributed by atoms with Gasteiger partial charge >= 0.3 is 0 Å². The summed E-state index contributed by atoms with van der Waals surface area (Å²) in [5, 5.41) is 12.9. The van der Waals surface area contributed by atoms with Crippen molar-refractivity contribution in [1.82, 2.24) is 0 Å². The third-order valence-corrected chi connectivity index (χ3v) is 4.14. The van der Waals surface area contributed by atoms with E-state index >= 15 is 0 Å². The highest BCUT2D eigenvalue weighted by molar-refractivity contribution is 7.20. The summed E-state index contributed by atoms with van der Waals surface area (Å²) in [4.78, 5) is 1.05. The topological polar surface area (TPSA) is 32.3 Å². The Morgan fingerprint density at radius 2 is 1.94 bits per heavy atom. The number of rotatable bonds is 3. The van der Waals surface area contributed by atoms with Crippen LogP contribution in [0.25, 0.3) is 10.4 Å². The molecule has 92 valence electrons. The van der Waals surface area contributed by atoms with Gasteiger partial charge in [-0.3, -0.25) is 0 Å². The average molecular weight is 278 g/mol. The van der Waals surface area contributed by atoms with Gasteiger partial charge in [0.25, 0.3) is 0 Å². The molecule has 1 fully saturated rings. The first-order valence-electron chi connectivity index (χ1n) is 5.77. The fourth-order valence-electron chi connectivity index (χ4n) is 1.77. The van der Waals surface area contributed by atoms with E-state index in [4.69, 9.17) is 11.6 Å². The molecule has 1 aromatic carbocycles. The molecule has 1 heterocycles. The van der Waals surface area contributed by atoms with E-state index in [9.17, 15) is 5.11 Å². The van der Waals surface area contributed by atoms with E-state index in [0.29, 0.717) is 4.34 Å². The van der Waals surface area contributed by atoms with Gasteiger partial charge in [-0.05, 0) is 30.0 Å². The molecule has 0 bridgehead atoms. The molecule has 2 nitrogen and oxygen atoms in total. The van der Waals surface area contributed by atoms with Crippen molar-refractivity contribution in [2.75, 3.05) is 5.32 Å². The lowest BCUT2D eigenvalue weighted by Gasteiger charge is -2.06. The van der Waals surface area contributed by atoms with E-state index in [-0.39, 0.29) is 5.88 Å². The van der Waals surface area contributed by atoms with Gasteiger partial charge in [-0.1, -0.05) is 41.9 Å². The smallest absolute Gasteiger partial charge is 0.187 e. The Kier molecular flexibility index (Phi) is 3.02. The first-order valence-corrected chi connectivity index (χ1v) is 6.96. The maximum atomic E-state index is 9.85. The van der Waals surface area contributed by atoms with Crippen LogP contribution in [0.5, 0.6) is 0 Å². The van der Waals surface area contributed by atoms with Crippen LogP contribution in [-0.4, -0.2) is 5.11 Å². The van der Waals surface area contributed by atoms with Gasteiger partial charge in [-0.15, -0.1) is 11.3 Å². The van der Waals surface area contributed by atoms with Gasteiger partial charge in [-0.25, -0.2) is 0 Å². The van der Waals surface area contributed by atoms with E-state index in [1.165, 1.54) is 11.3 Å². The molecule has 1 aliphatic carbocycles. The standard InChI is InChI=1S/C14H12ClNOS/c15-12-8-11(16-14(17)10-6-7-10)13(18-12)9-4-2-1-3-5-9/h1-5,8,16-17H,6-7H2. The molecule has 0 unspecified atom stereocenters. The number of nitrogens with one attached hydrogen (secondary N) is 1. The Balaban J connectivity index is 1.97. The van der Waals surface area contributed by atoms with Gasteiger partial charge in [0.2, 0.25) is 0 Å². The molecular weight excluding hydrogens is 266 g/mol. The van der Waals surface area contributed by atoms with Crippen molar-refractivity contribution in [3.05, 3.63) is 52.2 Å². The van der Waals surface area contributed by atoms with Gasteiger partial charge in [-0.2, -0.15) is 0 Å². The summed E-state index contributed by atoms with van der Waals surface area (Å²) in [6, 6.07) is 11.9. The van der Waals surface area contributed by atoms with Crippen molar-refractivity contribution >= 4 is 28.6 Å². The molecule has 0 amide bonds. The van der Waals surface area contributed by atoms with Crippen LogP contribution >= 0.6 is 22.9 Å². The molecular formula is C14H12ClNOS. The summed E-state index contributed by atoms with van der Waals surface area (Å²) >= 11 is 7.59. The second kappa shape index (κ2) is 4.67. The molecule has 4 heteroatoms. The van der Waals surface area contributed by atoms with Crippen LogP contribution in [0.4, 0.5) is 5.69 Å². The second-order valence-corrected chi connectivity index (χ2v) is 5.92. The van der Waals surface area contributed by atoms with Crippen LogP contribution in [0.15, 0.2) is 47.9 Å². The number of aliphatic hydroxyl groups excluding tert-OH is 1. The van der Waals surface area contributed by atoms with Crippen molar-refractivity contribution < 1.29 is 5.11 Å². The van der Waals surface area contributed by atoms with Crippen LogP contribution in [0.2, 0.25) is 4.34 Å². The fraction of sp³-hybridized carbons (Fsp3) is 0.143. The lowest BCUT2D eigenvalue weighted by Crippen LogP contribution is -1.98. The van der Waals surface area contributed by atoms with Crippen LogP contribution in [0, 0.1) is 0 Å². The number of benzene rings is 1. The zero-order valence-electron chi connectivity index (χ0n) is 9.61. The fourth-order valence-corrected chi connectivity index (χ4v) is 2.96. The Morgan fingerprint density at radius 3 is 2.61 bits per heavy atom. The average Bonchev–Trinajstić information content (AvgIpc) is 3.16. The molecule has 1 aliphatic rings. The van der Waals surface area contributed by atoms with Gasteiger partial charge in [0.05, 0.1) is 14.9 Å². The largest absolute Gasteiger partial charge is 0.495 e. The molecule has 0 spiro atoms. The normalized spacial score (nSPS) is 13.5. The summed E-state index contributed by atoms with van der Waals surface area (Å²) in [6.07, 6.45) is 1.97. The minimum atomic E-state index is 0.279. The Bertz CT molecular complexity index is 598. The molecule has 0 aliphatic heterocycles. The third-order valence-electron chi connectivity index (χ3n) is 2.83. The number of aliphatic hydroxyl groups is 1. The van der Waals surface area contributed by atoms with Gasteiger partial charge in [0.15, 0.2) is 5.88 Å². The molecule has 1 saturated carbocycles. The van der Waals surface area contributed by atoms with Crippen LogP contribution in [-0.2, 0) is 0 Å². The number of anilines is 1. The Morgan fingerprint density at radius 1 is 1.22 bits per heavy atom. The molecule has 0 atom stereocenters. The molecule has 2 N–H and O–H groups in total. The number of halogens is 1. The van der Waals surface area contributed by atoms with E-state index < -0.39 is 0 Å². The molecule has 0 radical (unpaired) electrons. The number of hydrogen-bond acceptors (Lipinski definition) is 3. The highest BCUT2D eigenvalue weighted by Gasteiger charge is 2.19. The zero-order valence-corrected chi connectivity index (χ0v) is 11.2. The highest BCUT2D eigenvalue weighted by atomic mass is 35.5. The van der Waals surface area contributed by atoms with Crippen molar-refractivity contribution in [1.29, 1.82) is 0 Å². The van der Waals surface area contributed by atoms with Crippen LogP contribution in [0.3, 0.4) is 0 Å².